The maximum absolute atomic E-state index is 9.31. The van der Waals surface area contributed by atoms with Gasteiger partial charge < -0.3 is 14.6 Å². The summed E-state index contributed by atoms with van der Waals surface area (Å²) in [5, 5.41) is 9.31. The van der Waals surface area contributed by atoms with Gasteiger partial charge >= 0.3 is 0 Å². The van der Waals surface area contributed by atoms with E-state index in [0.717, 1.165) is 10.9 Å². The molecule has 1 atom stereocenters. The lowest BCUT2D eigenvalue weighted by Crippen LogP contribution is -2.35. The highest BCUT2D eigenvalue weighted by Crippen LogP contribution is 2.39. The first-order valence-electron chi connectivity index (χ1n) is 4.07. The molecule has 68 valence electrons. The van der Waals surface area contributed by atoms with Gasteiger partial charge in [0.05, 0.1) is 23.8 Å². The van der Waals surface area contributed by atoms with Crippen molar-refractivity contribution in [2.24, 2.45) is 0 Å². The van der Waals surface area contributed by atoms with Gasteiger partial charge in [0.15, 0.2) is 0 Å². The summed E-state index contributed by atoms with van der Waals surface area (Å²) in [7, 11) is 0. The van der Waals surface area contributed by atoms with Gasteiger partial charge in [0.2, 0.25) is 5.79 Å². The molecule has 0 saturated carbocycles. The third-order valence-electron chi connectivity index (χ3n) is 2.23. The number of rotatable bonds is 0. The molecule has 12 heavy (non-hydrogen) atoms. The van der Waals surface area contributed by atoms with Crippen molar-refractivity contribution >= 4 is 15.9 Å². The Balaban J connectivity index is 2.21. The zero-order valence-electron chi connectivity index (χ0n) is 6.62. The van der Waals surface area contributed by atoms with E-state index >= 15 is 0 Å². The van der Waals surface area contributed by atoms with Crippen molar-refractivity contribution < 1.29 is 14.6 Å². The van der Waals surface area contributed by atoms with Crippen LogP contribution in [0.4, 0.5) is 0 Å². The van der Waals surface area contributed by atoms with E-state index in [1.807, 2.05) is 0 Å². The van der Waals surface area contributed by atoms with Crippen LogP contribution in [-0.2, 0) is 9.47 Å². The topological polar surface area (TPSA) is 38.7 Å². The molecule has 1 aliphatic heterocycles. The molecule has 0 aromatic carbocycles. The van der Waals surface area contributed by atoms with Gasteiger partial charge in [-0.2, -0.15) is 0 Å². The van der Waals surface area contributed by atoms with E-state index in [-0.39, 0.29) is 6.10 Å². The second-order valence-corrected chi connectivity index (χ2v) is 3.92. The largest absolute Gasteiger partial charge is 0.389 e. The SMILES string of the molecule is O[C@H]1C=C(Br)C2(CC1)OCCO2. The second-order valence-electron chi connectivity index (χ2n) is 3.07. The van der Waals surface area contributed by atoms with Crippen LogP contribution in [0.5, 0.6) is 0 Å². The zero-order valence-corrected chi connectivity index (χ0v) is 8.21. The second kappa shape index (κ2) is 3.10. The smallest absolute Gasteiger partial charge is 0.201 e. The minimum atomic E-state index is -0.570. The van der Waals surface area contributed by atoms with Crippen molar-refractivity contribution in [1.82, 2.24) is 0 Å². The Morgan fingerprint density at radius 1 is 1.50 bits per heavy atom. The standard InChI is InChI=1S/C8H11BrO3/c9-7-5-6(10)1-2-8(7)11-3-4-12-8/h5-6,10H,1-4H2/t6-/m1/s1. The number of aliphatic hydroxyl groups is 1. The van der Waals surface area contributed by atoms with Crippen molar-refractivity contribution in [2.75, 3.05) is 13.2 Å². The molecule has 2 aliphatic rings. The first-order valence-corrected chi connectivity index (χ1v) is 4.86. The van der Waals surface area contributed by atoms with Gasteiger partial charge in [0.25, 0.3) is 0 Å². The normalized spacial score (nSPS) is 33.8. The van der Waals surface area contributed by atoms with E-state index in [2.05, 4.69) is 15.9 Å². The van der Waals surface area contributed by atoms with Crippen LogP contribution in [0.2, 0.25) is 0 Å². The summed E-state index contributed by atoms with van der Waals surface area (Å²) >= 11 is 3.36. The highest BCUT2D eigenvalue weighted by Gasteiger charge is 2.42. The molecule has 0 aromatic rings. The third-order valence-corrected chi connectivity index (χ3v) is 3.09. The van der Waals surface area contributed by atoms with Crippen LogP contribution in [0.15, 0.2) is 10.6 Å². The van der Waals surface area contributed by atoms with Crippen molar-refractivity contribution in [1.29, 1.82) is 0 Å². The van der Waals surface area contributed by atoms with Gasteiger partial charge in [-0.05, 0) is 12.5 Å². The Morgan fingerprint density at radius 2 is 2.17 bits per heavy atom. The van der Waals surface area contributed by atoms with E-state index in [1.54, 1.807) is 6.08 Å². The fraction of sp³-hybridized carbons (Fsp3) is 0.750. The van der Waals surface area contributed by atoms with Crippen LogP contribution >= 0.6 is 15.9 Å². The molecule has 1 aliphatic carbocycles. The number of hydrogen-bond acceptors (Lipinski definition) is 3. The summed E-state index contributed by atoms with van der Waals surface area (Å²) in [6, 6.07) is 0. The molecule has 0 aromatic heterocycles. The molecule has 1 spiro atoms. The van der Waals surface area contributed by atoms with Crippen LogP contribution in [0.25, 0.3) is 0 Å². The van der Waals surface area contributed by atoms with Gasteiger partial charge in [0.1, 0.15) is 0 Å². The summed E-state index contributed by atoms with van der Waals surface area (Å²) in [4.78, 5) is 0. The molecular formula is C8H11BrO3. The molecule has 0 amide bonds. The van der Waals surface area contributed by atoms with Gasteiger partial charge in [-0.3, -0.25) is 0 Å². The maximum Gasteiger partial charge on any atom is 0.201 e. The predicted molar refractivity (Wildman–Crippen MR) is 46.9 cm³/mol. The van der Waals surface area contributed by atoms with Gasteiger partial charge in [0, 0.05) is 6.42 Å². The Kier molecular flexibility index (Phi) is 2.25. The third kappa shape index (κ3) is 1.33. The summed E-state index contributed by atoms with van der Waals surface area (Å²) in [6.07, 6.45) is 2.81. The summed E-state index contributed by atoms with van der Waals surface area (Å²) in [6.45, 7) is 1.28. The van der Waals surface area contributed by atoms with E-state index < -0.39 is 5.79 Å². The highest BCUT2D eigenvalue weighted by atomic mass is 79.9. The average Bonchev–Trinajstić information content (AvgIpc) is 2.48. The molecule has 3 nitrogen and oxygen atoms in total. The predicted octanol–water partition coefficient (Wildman–Crippen LogP) is 1.16. The Labute approximate surface area is 79.5 Å². The molecule has 1 fully saturated rings. The van der Waals surface area contributed by atoms with Gasteiger partial charge in [-0.1, -0.05) is 15.9 Å². The monoisotopic (exact) mass is 234 g/mol. The van der Waals surface area contributed by atoms with Crippen LogP contribution in [-0.4, -0.2) is 30.2 Å². The lowest BCUT2D eigenvalue weighted by molar-refractivity contribution is -0.132. The first kappa shape index (κ1) is 8.69. The van der Waals surface area contributed by atoms with Crippen LogP contribution in [0.1, 0.15) is 12.8 Å². The highest BCUT2D eigenvalue weighted by molar-refractivity contribution is 9.11. The fourth-order valence-corrected chi connectivity index (χ4v) is 2.31. The molecule has 0 bridgehead atoms. The maximum atomic E-state index is 9.31. The number of halogens is 1. The molecule has 2 rings (SSSR count). The quantitative estimate of drug-likeness (QED) is 0.684. The molecular weight excluding hydrogens is 224 g/mol. The minimum Gasteiger partial charge on any atom is -0.389 e. The van der Waals surface area contributed by atoms with E-state index in [0.29, 0.717) is 19.6 Å². The number of aliphatic hydroxyl groups excluding tert-OH is 1. The summed E-state index contributed by atoms with van der Waals surface area (Å²) < 4.78 is 11.8. The van der Waals surface area contributed by atoms with Crippen LogP contribution in [0.3, 0.4) is 0 Å². The van der Waals surface area contributed by atoms with Crippen molar-refractivity contribution in [3.63, 3.8) is 0 Å². The molecule has 1 N–H and O–H groups in total. The average molecular weight is 235 g/mol. The van der Waals surface area contributed by atoms with E-state index in [1.165, 1.54) is 0 Å². The lowest BCUT2D eigenvalue weighted by Gasteiger charge is -2.31. The summed E-state index contributed by atoms with van der Waals surface area (Å²) in [5.41, 5.74) is 0. The minimum absolute atomic E-state index is 0.363. The Bertz CT molecular complexity index is 208. The van der Waals surface area contributed by atoms with E-state index in [4.69, 9.17) is 9.47 Å². The zero-order chi connectivity index (χ0) is 8.60. The van der Waals surface area contributed by atoms with Crippen LogP contribution < -0.4 is 0 Å². The first-order chi connectivity index (χ1) is 5.73. The lowest BCUT2D eigenvalue weighted by atomic mass is 9.99. The Hall–Kier alpha value is 0.1000. The van der Waals surface area contributed by atoms with Crippen molar-refractivity contribution in [3.8, 4) is 0 Å². The van der Waals surface area contributed by atoms with Crippen LogP contribution in [0, 0.1) is 0 Å². The van der Waals surface area contributed by atoms with Crippen molar-refractivity contribution in [2.45, 2.75) is 24.7 Å². The Morgan fingerprint density at radius 3 is 2.75 bits per heavy atom. The van der Waals surface area contributed by atoms with E-state index in [9.17, 15) is 5.11 Å². The van der Waals surface area contributed by atoms with Gasteiger partial charge in [-0.15, -0.1) is 0 Å². The van der Waals surface area contributed by atoms with Crippen molar-refractivity contribution in [3.05, 3.63) is 10.6 Å². The number of ether oxygens (including phenoxy) is 2. The van der Waals surface area contributed by atoms with Gasteiger partial charge in [-0.25, -0.2) is 0 Å². The molecule has 0 radical (unpaired) electrons. The number of hydrogen-bond donors (Lipinski definition) is 1. The fourth-order valence-electron chi connectivity index (χ4n) is 1.57. The molecule has 0 unspecified atom stereocenters. The summed E-state index contributed by atoms with van der Waals surface area (Å²) in [5.74, 6) is -0.570. The molecule has 4 heteroatoms. The molecule has 1 heterocycles. The molecule has 1 saturated heterocycles.